The molecule has 0 atom stereocenters. The summed E-state index contributed by atoms with van der Waals surface area (Å²) in [5.41, 5.74) is 6.45. The molecular formula is C30H38N6O3. The van der Waals surface area contributed by atoms with Gasteiger partial charge in [-0.3, -0.25) is 5.43 Å². The van der Waals surface area contributed by atoms with Gasteiger partial charge < -0.3 is 24.0 Å². The Kier molecular flexibility index (Phi) is 8.65. The normalized spacial score (nSPS) is 15.3. The Morgan fingerprint density at radius 2 is 1.56 bits per heavy atom. The number of ether oxygens (including phenoxy) is 3. The van der Waals surface area contributed by atoms with E-state index in [1.54, 1.807) is 13.3 Å². The van der Waals surface area contributed by atoms with E-state index in [-0.39, 0.29) is 0 Å². The smallest absolute Gasteiger partial charge is 0.229 e. The Balaban J connectivity index is 1.19. The zero-order valence-electron chi connectivity index (χ0n) is 23.2. The molecule has 2 aliphatic heterocycles. The maximum atomic E-state index is 5.92. The lowest BCUT2D eigenvalue weighted by Crippen LogP contribution is -2.24. The Morgan fingerprint density at radius 3 is 2.31 bits per heavy atom. The molecule has 206 valence electrons. The Hall–Kier alpha value is -4.01. The van der Waals surface area contributed by atoms with Gasteiger partial charge in [0.15, 0.2) is 17.3 Å². The van der Waals surface area contributed by atoms with Crippen LogP contribution in [0, 0.1) is 13.8 Å². The van der Waals surface area contributed by atoms with Crippen LogP contribution in [0.2, 0.25) is 0 Å². The van der Waals surface area contributed by atoms with E-state index in [2.05, 4.69) is 40.2 Å². The predicted octanol–water partition coefficient (Wildman–Crippen LogP) is 5.21. The Bertz CT molecular complexity index is 1250. The number of anilines is 3. The summed E-state index contributed by atoms with van der Waals surface area (Å²) in [7, 11) is 1.63. The van der Waals surface area contributed by atoms with Crippen molar-refractivity contribution in [1.82, 2.24) is 9.97 Å². The second kappa shape index (κ2) is 12.7. The molecule has 0 radical (unpaired) electrons. The van der Waals surface area contributed by atoms with Crippen molar-refractivity contribution in [2.24, 2.45) is 5.10 Å². The van der Waals surface area contributed by atoms with Gasteiger partial charge in [-0.15, -0.1) is 0 Å². The van der Waals surface area contributed by atoms with Crippen molar-refractivity contribution in [3.8, 4) is 17.2 Å². The third kappa shape index (κ3) is 6.90. The molecule has 1 N–H and O–H groups in total. The van der Waals surface area contributed by atoms with Crippen LogP contribution in [0.3, 0.4) is 0 Å². The van der Waals surface area contributed by atoms with Crippen LogP contribution in [0.1, 0.15) is 42.4 Å². The lowest BCUT2D eigenvalue weighted by atomic mass is 10.1. The molecule has 0 saturated carbocycles. The summed E-state index contributed by atoms with van der Waals surface area (Å²) in [5.74, 6) is 4.58. The Morgan fingerprint density at radius 1 is 0.821 bits per heavy atom. The fourth-order valence-corrected chi connectivity index (χ4v) is 4.82. The molecule has 2 aliphatic rings. The van der Waals surface area contributed by atoms with Crippen LogP contribution in [0.15, 0.2) is 47.6 Å². The lowest BCUT2D eigenvalue weighted by molar-refractivity contribution is 0.211. The minimum atomic E-state index is 0.407. The van der Waals surface area contributed by atoms with Gasteiger partial charge in [0.1, 0.15) is 24.8 Å². The van der Waals surface area contributed by atoms with Gasteiger partial charge in [0.2, 0.25) is 5.95 Å². The van der Waals surface area contributed by atoms with Gasteiger partial charge in [-0.05, 0) is 86.6 Å². The average Bonchev–Trinajstić information content (AvgIpc) is 3.69. The summed E-state index contributed by atoms with van der Waals surface area (Å²) in [6, 6.07) is 13.8. The first-order chi connectivity index (χ1) is 19.1. The maximum Gasteiger partial charge on any atom is 0.229 e. The number of hydrogen-bond donors (Lipinski definition) is 1. The summed E-state index contributed by atoms with van der Waals surface area (Å²) < 4.78 is 17.3. The van der Waals surface area contributed by atoms with Gasteiger partial charge in [0, 0.05) is 32.2 Å². The quantitative estimate of drug-likeness (QED) is 0.206. The highest BCUT2D eigenvalue weighted by Crippen LogP contribution is 2.28. The highest BCUT2D eigenvalue weighted by atomic mass is 16.5. The van der Waals surface area contributed by atoms with E-state index in [9.17, 15) is 0 Å². The zero-order valence-corrected chi connectivity index (χ0v) is 23.2. The molecule has 0 spiro atoms. The van der Waals surface area contributed by atoms with E-state index in [1.807, 2.05) is 36.4 Å². The van der Waals surface area contributed by atoms with Crippen molar-refractivity contribution < 1.29 is 14.2 Å². The molecule has 0 amide bonds. The first kappa shape index (κ1) is 26.6. The molecule has 1 aromatic heterocycles. The van der Waals surface area contributed by atoms with Crippen LogP contribution >= 0.6 is 0 Å². The molecule has 0 aliphatic carbocycles. The fourth-order valence-electron chi connectivity index (χ4n) is 4.82. The number of hydrazone groups is 1. The van der Waals surface area contributed by atoms with Crippen molar-refractivity contribution in [2.75, 3.05) is 61.7 Å². The van der Waals surface area contributed by atoms with Crippen molar-refractivity contribution >= 4 is 23.8 Å². The number of benzene rings is 2. The molecule has 3 heterocycles. The molecule has 0 unspecified atom stereocenters. The molecule has 39 heavy (non-hydrogen) atoms. The van der Waals surface area contributed by atoms with Crippen LogP contribution < -0.4 is 29.4 Å². The number of rotatable bonds is 11. The minimum Gasteiger partial charge on any atom is -0.493 e. The number of aryl methyl sites for hydroxylation is 2. The van der Waals surface area contributed by atoms with E-state index in [4.69, 9.17) is 24.2 Å². The standard InChI is InChI=1S/C30H38N6O3/c1-22-8-10-25(18-23(22)2)38-16-17-39-26-11-9-24(19-27(26)37-3)21-31-34-28-20-29(35-12-4-5-13-35)33-30(32-28)36-14-6-7-15-36/h8-11,18-21H,4-7,12-17H2,1-3H3,(H,32,33,34)/b31-21-. The van der Waals surface area contributed by atoms with Gasteiger partial charge in [0.05, 0.1) is 13.3 Å². The van der Waals surface area contributed by atoms with Gasteiger partial charge in [-0.25, -0.2) is 0 Å². The molecule has 2 aromatic carbocycles. The molecule has 0 bridgehead atoms. The van der Waals surface area contributed by atoms with E-state index in [0.717, 1.165) is 49.3 Å². The topological polar surface area (TPSA) is 84.3 Å². The van der Waals surface area contributed by atoms with Crippen LogP contribution in [0.25, 0.3) is 0 Å². The van der Waals surface area contributed by atoms with Crippen LogP contribution in [0.4, 0.5) is 17.6 Å². The molecule has 5 rings (SSSR count). The number of hydrogen-bond acceptors (Lipinski definition) is 9. The highest BCUT2D eigenvalue weighted by molar-refractivity contribution is 5.81. The first-order valence-corrected chi connectivity index (χ1v) is 13.8. The molecule has 3 aromatic rings. The summed E-state index contributed by atoms with van der Waals surface area (Å²) in [4.78, 5) is 14.2. The minimum absolute atomic E-state index is 0.407. The summed E-state index contributed by atoms with van der Waals surface area (Å²) in [6.45, 7) is 9.08. The number of nitrogens with zero attached hydrogens (tertiary/aromatic N) is 5. The molecule has 2 saturated heterocycles. The second-order valence-corrected chi connectivity index (χ2v) is 10.0. The van der Waals surface area contributed by atoms with Gasteiger partial charge in [-0.1, -0.05) is 6.07 Å². The first-order valence-electron chi connectivity index (χ1n) is 13.8. The predicted molar refractivity (Wildman–Crippen MR) is 156 cm³/mol. The van der Waals surface area contributed by atoms with E-state index in [1.165, 1.54) is 36.8 Å². The summed E-state index contributed by atoms with van der Waals surface area (Å²) in [6.07, 6.45) is 6.51. The van der Waals surface area contributed by atoms with Gasteiger partial charge >= 0.3 is 0 Å². The molecular weight excluding hydrogens is 492 g/mol. The fraction of sp³-hybridized carbons (Fsp3) is 0.433. The average molecular weight is 531 g/mol. The van der Waals surface area contributed by atoms with Gasteiger partial charge in [-0.2, -0.15) is 15.1 Å². The van der Waals surface area contributed by atoms with E-state index >= 15 is 0 Å². The van der Waals surface area contributed by atoms with E-state index < -0.39 is 0 Å². The van der Waals surface area contributed by atoms with Crippen molar-refractivity contribution in [2.45, 2.75) is 39.5 Å². The third-order valence-corrected chi connectivity index (χ3v) is 7.19. The van der Waals surface area contributed by atoms with Crippen LogP contribution in [-0.2, 0) is 0 Å². The third-order valence-electron chi connectivity index (χ3n) is 7.19. The van der Waals surface area contributed by atoms with E-state index in [0.29, 0.717) is 30.5 Å². The monoisotopic (exact) mass is 530 g/mol. The van der Waals surface area contributed by atoms with Crippen molar-refractivity contribution in [3.05, 3.63) is 59.2 Å². The number of methoxy groups -OCH3 is 1. The maximum absolute atomic E-state index is 5.92. The second-order valence-electron chi connectivity index (χ2n) is 10.0. The van der Waals surface area contributed by atoms with Crippen molar-refractivity contribution in [3.63, 3.8) is 0 Å². The molecule has 9 heteroatoms. The highest BCUT2D eigenvalue weighted by Gasteiger charge is 2.20. The van der Waals surface area contributed by atoms with Gasteiger partial charge in [0.25, 0.3) is 0 Å². The SMILES string of the molecule is COc1cc(/C=N\Nc2cc(N3CCCC3)nc(N3CCCC3)n2)ccc1OCCOc1ccc(C)c(C)c1. The van der Waals surface area contributed by atoms with Crippen LogP contribution in [0.5, 0.6) is 17.2 Å². The summed E-state index contributed by atoms with van der Waals surface area (Å²) >= 11 is 0. The number of nitrogens with one attached hydrogen (secondary N) is 1. The lowest BCUT2D eigenvalue weighted by Gasteiger charge is -2.21. The van der Waals surface area contributed by atoms with Crippen LogP contribution in [-0.4, -0.2) is 62.7 Å². The van der Waals surface area contributed by atoms with Crippen molar-refractivity contribution in [1.29, 1.82) is 0 Å². The molecule has 2 fully saturated rings. The number of aromatic nitrogens is 2. The Labute approximate surface area is 230 Å². The molecule has 9 nitrogen and oxygen atoms in total. The zero-order chi connectivity index (χ0) is 27.0. The summed E-state index contributed by atoms with van der Waals surface area (Å²) in [5, 5.41) is 4.46. The largest absolute Gasteiger partial charge is 0.493 e.